The van der Waals surface area contributed by atoms with Gasteiger partial charge in [0.2, 0.25) is 5.95 Å². The van der Waals surface area contributed by atoms with Crippen molar-refractivity contribution in [2.24, 2.45) is 0 Å². The molecule has 181 valence electrons. The Balaban J connectivity index is 0.000000238. The number of rotatable bonds is 9. The van der Waals surface area contributed by atoms with Crippen molar-refractivity contribution in [3.05, 3.63) is 66.6 Å². The summed E-state index contributed by atoms with van der Waals surface area (Å²) in [5.74, 6) is 2.83. The molecular weight excluding hydrogens is 507 g/mol. The zero-order valence-corrected chi connectivity index (χ0v) is 22.5. The first-order valence-electron chi connectivity index (χ1n) is 11.6. The summed E-state index contributed by atoms with van der Waals surface area (Å²) in [6.45, 7) is 7.14. The number of nitrogens with two attached hydrogens (primary N) is 1. The number of H-pyrrole nitrogens is 1. The SMILES string of the molecule is C=C/C=C(\C=C)OO[N-]C1CCCCC1.Nc1nccc(Nc2cc(C3CCCC3)[nH]n2)n1.[Y]. The smallest absolute Gasteiger partial charge is 0.221 e. The van der Waals surface area contributed by atoms with Gasteiger partial charge in [-0.1, -0.05) is 64.2 Å². The molecule has 0 bridgehead atoms. The third-order valence-corrected chi connectivity index (χ3v) is 5.71. The van der Waals surface area contributed by atoms with E-state index in [1.54, 1.807) is 30.5 Å². The van der Waals surface area contributed by atoms with Crippen LogP contribution in [0, 0.1) is 0 Å². The second-order valence-corrected chi connectivity index (χ2v) is 8.18. The zero-order chi connectivity index (χ0) is 23.3. The summed E-state index contributed by atoms with van der Waals surface area (Å²) in [5.41, 5.74) is 10.7. The van der Waals surface area contributed by atoms with Crippen LogP contribution < -0.4 is 11.1 Å². The molecule has 0 saturated heterocycles. The topological polar surface area (TPSA) is 125 Å². The Morgan fingerprint density at radius 1 is 1.12 bits per heavy atom. The molecule has 2 fully saturated rings. The summed E-state index contributed by atoms with van der Waals surface area (Å²) in [6, 6.07) is 4.10. The molecule has 0 amide bonds. The number of aromatic amines is 1. The second kappa shape index (κ2) is 15.8. The zero-order valence-electron chi connectivity index (χ0n) is 19.7. The van der Waals surface area contributed by atoms with Gasteiger partial charge in [0.1, 0.15) is 5.82 Å². The number of nitrogens with zero attached hydrogens (tertiary/aromatic N) is 4. The molecule has 0 atom stereocenters. The van der Waals surface area contributed by atoms with Gasteiger partial charge in [0.25, 0.3) is 0 Å². The first kappa shape index (κ1) is 28.2. The van der Waals surface area contributed by atoms with Gasteiger partial charge in [-0.15, -0.1) is 6.04 Å². The van der Waals surface area contributed by atoms with Crippen molar-refractivity contribution in [3.63, 3.8) is 0 Å². The molecule has 2 aliphatic rings. The molecule has 10 heteroatoms. The normalized spacial score (nSPS) is 16.6. The summed E-state index contributed by atoms with van der Waals surface area (Å²) in [4.78, 5) is 17.7. The summed E-state index contributed by atoms with van der Waals surface area (Å²) in [7, 11) is 0. The number of hydrogen-bond acceptors (Lipinski definition) is 7. The van der Waals surface area contributed by atoms with Gasteiger partial charge in [0.15, 0.2) is 11.6 Å². The number of nitrogens with one attached hydrogen (secondary N) is 2. The number of aromatic nitrogens is 4. The molecule has 2 aromatic heterocycles. The minimum absolute atomic E-state index is 0. The monoisotopic (exact) mass is 541 g/mol. The van der Waals surface area contributed by atoms with E-state index in [1.165, 1.54) is 50.6 Å². The predicted molar refractivity (Wildman–Crippen MR) is 130 cm³/mol. The molecular formula is C24H34N7O2Y-. The summed E-state index contributed by atoms with van der Waals surface area (Å²) in [6.07, 6.45) is 17.5. The Morgan fingerprint density at radius 3 is 2.53 bits per heavy atom. The first-order valence-corrected chi connectivity index (χ1v) is 11.6. The van der Waals surface area contributed by atoms with Crippen LogP contribution in [0.3, 0.4) is 0 Å². The van der Waals surface area contributed by atoms with E-state index in [2.05, 4.69) is 44.1 Å². The number of hydrogen-bond donors (Lipinski definition) is 3. The van der Waals surface area contributed by atoms with Crippen molar-refractivity contribution in [2.45, 2.75) is 69.7 Å². The maximum atomic E-state index is 5.53. The standard InChI is InChI=1S/C12H16N6.C12H18NO2.Y/c13-12-14-6-5-10(16-12)15-11-7-9(17-18-11)8-3-1-2-4-8;1-3-8-12(4-2)14-15-13-11-9-6-5-7-10-11;/h5-8H,1-4H2,(H4,13,14,15,16,17,18);3-4,8,11H,1-2,5-7,9-10H2;/q;-1;/b;12-8+;. The van der Waals surface area contributed by atoms with Crippen LogP contribution in [0.25, 0.3) is 5.48 Å². The van der Waals surface area contributed by atoms with Gasteiger partial charge < -0.3 is 21.4 Å². The molecule has 2 aliphatic carbocycles. The molecule has 34 heavy (non-hydrogen) atoms. The van der Waals surface area contributed by atoms with Crippen molar-refractivity contribution >= 4 is 17.6 Å². The van der Waals surface area contributed by atoms with Crippen molar-refractivity contribution in [2.75, 3.05) is 11.1 Å². The molecule has 0 aliphatic heterocycles. The summed E-state index contributed by atoms with van der Waals surface area (Å²) in [5, 5.41) is 10.5. The molecule has 9 nitrogen and oxygen atoms in total. The van der Waals surface area contributed by atoms with Crippen molar-refractivity contribution in [1.29, 1.82) is 0 Å². The molecule has 2 aromatic rings. The number of nitrogen functional groups attached to an aromatic ring is 1. The largest absolute Gasteiger partial charge is 0.486 e. The van der Waals surface area contributed by atoms with E-state index >= 15 is 0 Å². The van der Waals surface area contributed by atoms with Crippen LogP contribution in [0.1, 0.15) is 69.4 Å². The van der Waals surface area contributed by atoms with Gasteiger partial charge in [-0.25, -0.2) is 4.98 Å². The van der Waals surface area contributed by atoms with Crippen molar-refractivity contribution in [3.8, 4) is 0 Å². The van der Waals surface area contributed by atoms with Gasteiger partial charge in [0, 0.05) is 56.6 Å². The Kier molecular flexibility index (Phi) is 13.1. The molecule has 1 radical (unpaired) electrons. The van der Waals surface area contributed by atoms with E-state index in [4.69, 9.17) is 15.6 Å². The molecule has 0 spiro atoms. The summed E-state index contributed by atoms with van der Waals surface area (Å²) < 4.78 is 0. The van der Waals surface area contributed by atoms with E-state index in [9.17, 15) is 0 Å². The molecule has 4 rings (SSSR count). The molecule has 0 unspecified atom stereocenters. The third kappa shape index (κ3) is 9.66. The third-order valence-electron chi connectivity index (χ3n) is 5.71. The van der Waals surface area contributed by atoms with E-state index < -0.39 is 0 Å². The van der Waals surface area contributed by atoms with E-state index in [-0.39, 0.29) is 44.7 Å². The predicted octanol–water partition coefficient (Wildman–Crippen LogP) is 5.99. The minimum atomic E-state index is 0. The van der Waals surface area contributed by atoms with Gasteiger partial charge in [0.05, 0.1) is 0 Å². The first-order chi connectivity index (χ1) is 16.2. The second-order valence-electron chi connectivity index (χ2n) is 8.18. The Morgan fingerprint density at radius 2 is 1.85 bits per heavy atom. The van der Waals surface area contributed by atoms with E-state index in [0.717, 1.165) is 18.7 Å². The van der Waals surface area contributed by atoms with Gasteiger partial charge in [-0.05, 0) is 31.1 Å². The number of anilines is 3. The van der Waals surface area contributed by atoms with Crippen molar-refractivity contribution < 1.29 is 42.6 Å². The van der Waals surface area contributed by atoms with Crippen LogP contribution in [0.2, 0.25) is 0 Å². The quantitative estimate of drug-likeness (QED) is 0.154. The fraction of sp³-hybridized carbons (Fsp3) is 0.458. The van der Waals surface area contributed by atoms with Crippen LogP contribution in [0.4, 0.5) is 17.6 Å². The molecule has 0 aromatic carbocycles. The van der Waals surface area contributed by atoms with E-state index in [1.807, 2.05) is 6.07 Å². The van der Waals surface area contributed by atoms with Gasteiger partial charge in [-0.3, -0.25) is 10.1 Å². The maximum absolute atomic E-state index is 5.53. The Labute approximate surface area is 226 Å². The Hall–Kier alpha value is -2.07. The van der Waals surface area contributed by atoms with Crippen LogP contribution in [0.5, 0.6) is 0 Å². The van der Waals surface area contributed by atoms with Gasteiger partial charge >= 0.3 is 0 Å². The van der Waals surface area contributed by atoms with Crippen LogP contribution in [-0.2, 0) is 42.6 Å². The molecule has 4 N–H and O–H groups in total. The summed E-state index contributed by atoms with van der Waals surface area (Å²) >= 11 is 0. The van der Waals surface area contributed by atoms with E-state index in [0.29, 0.717) is 17.5 Å². The fourth-order valence-electron chi connectivity index (χ4n) is 3.98. The fourth-order valence-corrected chi connectivity index (χ4v) is 3.98. The minimum Gasteiger partial charge on any atom is -0.486 e. The molecule has 2 heterocycles. The average Bonchev–Trinajstić information content (AvgIpc) is 3.52. The van der Waals surface area contributed by atoms with Crippen molar-refractivity contribution in [1.82, 2.24) is 20.2 Å². The average molecular weight is 541 g/mol. The van der Waals surface area contributed by atoms with Crippen LogP contribution in [-0.4, -0.2) is 26.2 Å². The number of hydroxylamine groups is 1. The van der Waals surface area contributed by atoms with Crippen LogP contribution >= 0.6 is 0 Å². The number of allylic oxidation sites excluding steroid dienone is 3. The Bertz CT molecular complexity index is 906. The molecule has 2 saturated carbocycles. The van der Waals surface area contributed by atoms with Crippen LogP contribution in [0.15, 0.2) is 55.5 Å². The maximum Gasteiger partial charge on any atom is 0.221 e. The van der Waals surface area contributed by atoms with Gasteiger partial charge in [-0.2, -0.15) is 10.1 Å².